The van der Waals surface area contributed by atoms with Crippen LogP contribution in [0.1, 0.15) is 70.4 Å². The molecule has 4 fully saturated rings. The molecule has 2 N–H and O–H groups in total. The fourth-order valence-corrected chi connectivity index (χ4v) is 8.35. The predicted molar refractivity (Wildman–Crippen MR) is 167 cm³/mol. The first-order valence-electron chi connectivity index (χ1n) is 16.7. The van der Waals surface area contributed by atoms with Gasteiger partial charge in [0, 0.05) is 18.3 Å². The summed E-state index contributed by atoms with van der Waals surface area (Å²) in [4.78, 5) is 46.6. The second-order valence-corrected chi connectivity index (χ2v) is 14.3. The Morgan fingerprint density at radius 3 is 2.51 bits per heavy atom. The maximum absolute atomic E-state index is 14.3. The van der Waals surface area contributed by atoms with Crippen molar-refractivity contribution in [3.63, 3.8) is 0 Å². The van der Waals surface area contributed by atoms with Gasteiger partial charge >= 0.3 is 0 Å². The standard InChI is InChI=1S/C35H50N4O4/c1-21-13-18-38(19-14-21)16-7-17-39-31(33(41)37-27-9-6-8-23(3)25(27)5)35-15-12-28(43-35)29(30(35)34(39)42)32(40)36-26-11-10-22(2)24(4)20-26/h10-12,15,20-21,23,25,27-31H,6-9,13-14,16-19H2,1-5H3,(H,36,40)(H,37,41)/t23?,25?,27?,28-,29?,30-,31?,35?/m0/s1. The quantitative estimate of drug-likeness (QED) is 0.437. The molecule has 5 aliphatic rings. The van der Waals surface area contributed by atoms with Crippen molar-refractivity contribution in [3.05, 3.63) is 41.5 Å². The Morgan fingerprint density at radius 1 is 1.00 bits per heavy atom. The number of piperidine rings is 1. The van der Waals surface area contributed by atoms with Crippen molar-refractivity contribution in [3.8, 4) is 0 Å². The summed E-state index contributed by atoms with van der Waals surface area (Å²) >= 11 is 0. The molecule has 1 aliphatic carbocycles. The summed E-state index contributed by atoms with van der Waals surface area (Å²) in [7, 11) is 0. The average molecular weight is 591 g/mol. The van der Waals surface area contributed by atoms with Crippen molar-refractivity contribution in [2.24, 2.45) is 29.6 Å². The van der Waals surface area contributed by atoms with Crippen LogP contribution in [0, 0.1) is 43.4 Å². The number of ether oxygens (including phenoxy) is 1. The summed E-state index contributed by atoms with van der Waals surface area (Å²) in [6.45, 7) is 14.4. The number of carbonyl (C=O) groups is 3. The summed E-state index contributed by atoms with van der Waals surface area (Å²) < 4.78 is 6.57. The Kier molecular flexibility index (Phi) is 8.46. The van der Waals surface area contributed by atoms with Crippen LogP contribution in [0.4, 0.5) is 5.69 Å². The van der Waals surface area contributed by atoms with Gasteiger partial charge in [0.25, 0.3) is 0 Å². The lowest BCUT2D eigenvalue weighted by molar-refractivity contribution is -0.141. The number of rotatable bonds is 8. The number of benzene rings is 1. The van der Waals surface area contributed by atoms with Crippen LogP contribution in [0.3, 0.4) is 0 Å². The molecule has 234 valence electrons. The highest BCUT2D eigenvalue weighted by atomic mass is 16.5. The molecule has 0 radical (unpaired) electrons. The first kappa shape index (κ1) is 30.3. The molecule has 1 aromatic rings. The van der Waals surface area contributed by atoms with E-state index in [9.17, 15) is 14.4 Å². The first-order chi connectivity index (χ1) is 20.6. The third-order valence-electron chi connectivity index (χ3n) is 11.5. The number of nitrogens with zero attached hydrogens (tertiary/aromatic N) is 2. The molecule has 4 heterocycles. The van der Waals surface area contributed by atoms with E-state index in [1.54, 1.807) is 4.90 Å². The maximum Gasteiger partial charge on any atom is 0.246 e. The summed E-state index contributed by atoms with van der Waals surface area (Å²) in [6, 6.07) is 5.14. The molecule has 8 atom stereocenters. The predicted octanol–water partition coefficient (Wildman–Crippen LogP) is 4.46. The molecular weight excluding hydrogens is 540 g/mol. The van der Waals surface area contributed by atoms with Gasteiger partial charge in [0.05, 0.1) is 17.9 Å². The minimum absolute atomic E-state index is 0.0745. The zero-order valence-corrected chi connectivity index (χ0v) is 26.6. The molecule has 8 heteroatoms. The van der Waals surface area contributed by atoms with Crippen molar-refractivity contribution in [2.45, 2.75) is 96.9 Å². The minimum atomic E-state index is -1.12. The Bertz CT molecular complexity index is 1270. The van der Waals surface area contributed by atoms with Gasteiger partial charge in [-0.1, -0.05) is 51.8 Å². The molecule has 8 nitrogen and oxygen atoms in total. The average Bonchev–Trinajstić information content (AvgIpc) is 3.62. The highest BCUT2D eigenvalue weighted by Crippen LogP contribution is 2.55. The fourth-order valence-electron chi connectivity index (χ4n) is 8.35. The van der Waals surface area contributed by atoms with Gasteiger partial charge in [0.1, 0.15) is 11.6 Å². The lowest BCUT2D eigenvalue weighted by Gasteiger charge is -2.38. The second-order valence-electron chi connectivity index (χ2n) is 14.3. The van der Waals surface area contributed by atoms with Crippen LogP contribution >= 0.6 is 0 Å². The molecule has 43 heavy (non-hydrogen) atoms. The summed E-state index contributed by atoms with van der Waals surface area (Å²) in [5.74, 6) is -0.241. The van der Waals surface area contributed by atoms with Crippen LogP contribution in [0.5, 0.6) is 0 Å². The monoisotopic (exact) mass is 590 g/mol. The molecule has 6 unspecified atom stereocenters. The van der Waals surface area contributed by atoms with Crippen molar-refractivity contribution in [1.82, 2.24) is 15.1 Å². The Labute approximate surface area is 257 Å². The number of aryl methyl sites for hydroxylation is 2. The molecule has 2 bridgehead atoms. The second kappa shape index (κ2) is 12.0. The van der Waals surface area contributed by atoms with Crippen molar-refractivity contribution < 1.29 is 19.1 Å². The van der Waals surface area contributed by atoms with E-state index >= 15 is 0 Å². The number of hydrogen-bond donors (Lipinski definition) is 2. The SMILES string of the molecule is Cc1ccc(NC(=O)C2[C@@H]3C=CC4(O3)C(C(=O)NC3CCCC(C)C3C)N(CCCN3CCC(C)CC3)C(=O)[C@H]24)cc1C. The molecule has 1 aromatic carbocycles. The van der Waals surface area contributed by atoms with E-state index in [4.69, 9.17) is 4.74 Å². The van der Waals surface area contributed by atoms with Crippen molar-refractivity contribution in [1.29, 1.82) is 0 Å². The normalized spacial score (nSPS) is 35.8. The van der Waals surface area contributed by atoms with Crippen LogP contribution in [-0.4, -0.2) is 77.5 Å². The zero-order valence-electron chi connectivity index (χ0n) is 26.6. The number of likely N-dealkylation sites (tertiary alicyclic amines) is 2. The molecular formula is C35H50N4O4. The van der Waals surface area contributed by atoms with Crippen LogP contribution in [0.15, 0.2) is 30.4 Å². The lowest BCUT2D eigenvalue weighted by atomic mass is 9.73. The van der Waals surface area contributed by atoms with Gasteiger partial charge in [-0.3, -0.25) is 14.4 Å². The molecule has 1 saturated carbocycles. The highest BCUT2D eigenvalue weighted by molar-refractivity contribution is 6.02. The molecule has 1 spiro atoms. The number of nitrogens with one attached hydrogen (secondary N) is 2. The number of hydrogen-bond acceptors (Lipinski definition) is 5. The number of fused-ring (bicyclic) bond motifs is 1. The number of carbonyl (C=O) groups excluding carboxylic acids is 3. The van der Waals surface area contributed by atoms with E-state index in [2.05, 4.69) is 36.3 Å². The van der Waals surface area contributed by atoms with Gasteiger partial charge in [0.15, 0.2) is 0 Å². The summed E-state index contributed by atoms with van der Waals surface area (Å²) in [6.07, 6.45) is 9.70. The number of amides is 3. The minimum Gasteiger partial charge on any atom is -0.359 e. The largest absolute Gasteiger partial charge is 0.359 e. The van der Waals surface area contributed by atoms with E-state index in [0.717, 1.165) is 55.9 Å². The Morgan fingerprint density at radius 2 is 1.77 bits per heavy atom. The van der Waals surface area contributed by atoms with Gasteiger partial charge in [-0.2, -0.15) is 0 Å². The van der Waals surface area contributed by atoms with Gasteiger partial charge in [-0.25, -0.2) is 0 Å². The first-order valence-corrected chi connectivity index (χ1v) is 16.7. The molecule has 4 aliphatic heterocycles. The summed E-state index contributed by atoms with van der Waals surface area (Å²) in [5, 5.41) is 6.42. The van der Waals surface area contributed by atoms with E-state index < -0.39 is 29.6 Å². The molecule has 3 amide bonds. The molecule has 3 saturated heterocycles. The van der Waals surface area contributed by atoms with Crippen molar-refractivity contribution in [2.75, 3.05) is 31.5 Å². The van der Waals surface area contributed by atoms with Crippen LogP contribution in [0.25, 0.3) is 0 Å². The Balaban J connectivity index is 1.24. The van der Waals surface area contributed by atoms with Gasteiger partial charge in [0.2, 0.25) is 17.7 Å². The third-order valence-corrected chi connectivity index (χ3v) is 11.5. The van der Waals surface area contributed by atoms with Crippen LogP contribution in [-0.2, 0) is 19.1 Å². The Hall–Kier alpha value is -2.71. The van der Waals surface area contributed by atoms with Crippen LogP contribution < -0.4 is 10.6 Å². The van der Waals surface area contributed by atoms with Crippen molar-refractivity contribution >= 4 is 23.4 Å². The highest BCUT2D eigenvalue weighted by Gasteiger charge is 2.72. The topological polar surface area (TPSA) is 91.0 Å². The molecule has 6 rings (SSSR count). The third kappa shape index (κ3) is 5.54. The van der Waals surface area contributed by atoms with Gasteiger partial charge < -0.3 is 25.2 Å². The van der Waals surface area contributed by atoms with Gasteiger partial charge in [-0.15, -0.1) is 0 Å². The smallest absolute Gasteiger partial charge is 0.246 e. The molecule has 0 aromatic heterocycles. The van der Waals surface area contributed by atoms with E-state index in [1.165, 1.54) is 19.3 Å². The van der Waals surface area contributed by atoms with E-state index in [-0.39, 0.29) is 23.8 Å². The maximum atomic E-state index is 14.3. The van der Waals surface area contributed by atoms with Crippen LogP contribution in [0.2, 0.25) is 0 Å². The lowest BCUT2D eigenvalue weighted by Crippen LogP contribution is -2.58. The summed E-state index contributed by atoms with van der Waals surface area (Å²) in [5.41, 5.74) is 1.83. The van der Waals surface area contributed by atoms with Gasteiger partial charge in [-0.05, 0) is 100 Å². The number of anilines is 1. The van der Waals surface area contributed by atoms with E-state index in [1.807, 2.05) is 44.2 Å². The van der Waals surface area contributed by atoms with E-state index in [0.29, 0.717) is 24.1 Å². The zero-order chi connectivity index (χ0) is 30.5. The fraction of sp³-hybridized carbons (Fsp3) is 0.686.